The van der Waals surface area contributed by atoms with E-state index in [2.05, 4.69) is 10.0 Å². The van der Waals surface area contributed by atoms with E-state index in [1.165, 1.54) is 36.4 Å². The summed E-state index contributed by atoms with van der Waals surface area (Å²) in [6, 6.07) is 18.8. The maximum absolute atomic E-state index is 12.4. The molecule has 0 atom stereocenters. The first-order valence-electron chi connectivity index (χ1n) is 8.66. The third-order valence-corrected chi connectivity index (χ3v) is 5.60. The van der Waals surface area contributed by atoms with Gasteiger partial charge in [0.2, 0.25) is 5.91 Å². The summed E-state index contributed by atoms with van der Waals surface area (Å²) in [5.41, 5.74) is 7.53. The Bertz CT molecular complexity index is 1160. The molecule has 3 aromatic rings. The molecule has 0 heterocycles. The number of benzene rings is 3. The maximum atomic E-state index is 12.4. The Labute approximate surface area is 168 Å². The summed E-state index contributed by atoms with van der Waals surface area (Å²) in [5, 5.41) is 2.73. The largest absolute Gasteiger partial charge is 0.366 e. The van der Waals surface area contributed by atoms with E-state index in [1.807, 2.05) is 0 Å². The SMILES string of the molecule is Cc1cc(NC(=O)c2ccc(NS(=O)(=O)c3ccccc3)cc2)ccc1C(N)=O. The van der Waals surface area contributed by atoms with Gasteiger partial charge in [-0.2, -0.15) is 0 Å². The Hall–Kier alpha value is -3.65. The van der Waals surface area contributed by atoms with E-state index in [0.717, 1.165) is 0 Å². The van der Waals surface area contributed by atoms with Crippen LogP contribution in [-0.4, -0.2) is 20.2 Å². The fourth-order valence-corrected chi connectivity index (χ4v) is 3.80. The first-order valence-corrected chi connectivity index (χ1v) is 10.1. The van der Waals surface area contributed by atoms with E-state index < -0.39 is 15.9 Å². The fourth-order valence-electron chi connectivity index (χ4n) is 2.72. The van der Waals surface area contributed by atoms with Crippen LogP contribution < -0.4 is 15.8 Å². The standard InChI is InChI=1S/C21H19N3O4S/c1-14-13-17(11-12-19(14)20(22)25)23-21(26)15-7-9-16(10-8-15)24-29(27,28)18-5-3-2-4-6-18/h2-13,24H,1H3,(H2,22,25)(H,23,26). The molecule has 0 spiro atoms. The van der Waals surface area contributed by atoms with Gasteiger partial charge >= 0.3 is 0 Å². The van der Waals surface area contributed by atoms with E-state index in [0.29, 0.717) is 28.1 Å². The van der Waals surface area contributed by atoms with Crippen molar-refractivity contribution in [1.82, 2.24) is 0 Å². The average molecular weight is 409 g/mol. The summed E-state index contributed by atoms with van der Waals surface area (Å²) in [4.78, 5) is 23.9. The molecule has 0 aliphatic carbocycles. The quantitative estimate of drug-likeness (QED) is 0.579. The average Bonchev–Trinajstić information content (AvgIpc) is 2.68. The van der Waals surface area contributed by atoms with Crippen LogP contribution in [0.2, 0.25) is 0 Å². The second kappa shape index (κ2) is 8.15. The lowest BCUT2D eigenvalue weighted by molar-refractivity contribution is 0.0997. The number of carbonyl (C=O) groups is 2. The zero-order valence-electron chi connectivity index (χ0n) is 15.5. The molecule has 3 aromatic carbocycles. The van der Waals surface area contributed by atoms with Crippen LogP contribution in [0.3, 0.4) is 0 Å². The minimum atomic E-state index is -3.70. The number of hydrogen-bond donors (Lipinski definition) is 3. The van der Waals surface area contributed by atoms with Gasteiger partial charge in [0.25, 0.3) is 15.9 Å². The molecular formula is C21H19N3O4S. The van der Waals surface area contributed by atoms with Crippen molar-refractivity contribution in [3.05, 3.63) is 89.5 Å². The minimum absolute atomic E-state index is 0.150. The molecule has 4 N–H and O–H groups in total. The normalized spacial score (nSPS) is 10.9. The molecule has 29 heavy (non-hydrogen) atoms. The lowest BCUT2D eigenvalue weighted by Gasteiger charge is -2.10. The summed E-state index contributed by atoms with van der Waals surface area (Å²) in [6.07, 6.45) is 0. The van der Waals surface area contributed by atoms with Crippen LogP contribution in [0.1, 0.15) is 26.3 Å². The lowest BCUT2D eigenvalue weighted by atomic mass is 10.1. The van der Waals surface area contributed by atoms with Crippen LogP contribution in [0.15, 0.2) is 77.7 Å². The van der Waals surface area contributed by atoms with E-state index in [1.54, 1.807) is 43.3 Å². The van der Waals surface area contributed by atoms with Gasteiger partial charge in [0.05, 0.1) is 4.90 Å². The van der Waals surface area contributed by atoms with E-state index in [9.17, 15) is 18.0 Å². The number of aryl methyl sites for hydroxylation is 1. The van der Waals surface area contributed by atoms with Crippen molar-refractivity contribution in [3.8, 4) is 0 Å². The highest BCUT2D eigenvalue weighted by atomic mass is 32.2. The molecule has 0 aliphatic rings. The van der Waals surface area contributed by atoms with Crippen LogP contribution in [0.4, 0.5) is 11.4 Å². The zero-order chi connectivity index (χ0) is 21.0. The highest BCUT2D eigenvalue weighted by molar-refractivity contribution is 7.92. The van der Waals surface area contributed by atoms with Gasteiger partial charge < -0.3 is 11.1 Å². The van der Waals surface area contributed by atoms with E-state index in [-0.39, 0.29) is 10.8 Å². The number of carbonyl (C=O) groups excluding carboxylic acids is 2. The zero-order valence-corrected chi connectivity index (χ0v) is 16.4. The fraction of sp³-hybridized carbons (Fsp3) is 0.0476. The summed E-state index contributed by atoms with van der Waals surface area (Å²) >= 11 is 0. The third-order valence-electron chi connectivity index (χ3n) is 4.20. The molecule has 0 fully saturated rings. The number of sulfonamides is 1. The molecule has 0 bridgehead atoms. The van der Waals surface area contributed by atoms with Crippen molar-refractivity contribution in [1.29, 1.82) is 0 Å². The Morgan fingerprint density at radius 3 is 2.07 bits per heavy atom. The van der Waals surface area contributed by atoms with Gasteiger partial charge in [-0.3, -0.25) is 14.3 Å². The summed E-state index contributed by atoms with van der Waals surface area (Å²) in [6.45, 7) is 1.73. The topological polar surface area (TPSA) is 118 Å². The number of hydrogen-bond acceptors (Lipinski definition) is 4. The Morgan fingerprint density at radius 2 is 1.48 bits per heavy atom. The molecule has 148 valence electrons. The van der Waals surface area contributed by atoms with Gasteiger partial charge in [0, 0.05) is 22.5 Å². The first-order chi connectivity index (χ1) is 13.8. The van der Waals surface area contributed by atoms with Crippen LogP contribution >= 0.6 is 0 Å². The molecule has 2 amide bonds. The molecular weight excluding hydrogens is 390 g/mol. The molecule has 0 saturated heterocycles. The van der Waals surface area contributed by atoms with E-state index >= 15 is 0 Å². The molecule has 0 saturated carbocycles. The summed E-state index contributed by atoms with van der Waals surface area (Å²) in [5.74, 6) is -0.900. The Kier molecular flexibility index (Phi) is 5.65. The lowest BCUT2D eigenvalue weighted by Crippen LogP contribution is -2.15. The molecule has 7 nitrogen and oxygen atoms in total. The predicted octanol–water partition coefficient (Wildman–Crippen LogP) is 3.15. The molecule has 8 heteroatoms. The van der Waals surface area contributed by atoms with Crippen LogP contribution in [-0.2, 0) is 10.0 Å². The Morgan fingerprint density at radius 1 is 0.862 bits per heavy atom. The number of nitrogens with one attached hydrogen (secondary N) is 2. The highest BCUT2D eigenvalue weighted by Crippen LogP contribution is 2.19. The number of amides is 2. The second-order valence-electron chi connectivity index (χ2n) is 6.34. The van der Waals surface area contributed by atoms with Crippen molar-refractivity contribution in [2.45, 2.75) is 11.8 Å². The van der Waals surface area contributed by atoms with Gasteiger partial charge in [-0.25, -0.2) is 8.42 Å². The summed E-state index contributed by atoms with van der Waals surface area (Å²) < 4.78 is 27.2. The van der Waals surface area contributed by atoms with Crippen LogP contribution in [0.25, 0.3) is 0 Å². The monoisotopic (exact) mass is 409 g/mol. The van der Waals surface area contributed by atoms with Crippen molar-refractivity contribution in [3.63, 3.8) is 0 Å². The number of primary amides is 1. The van der Waals surface area contributed by atoms with E-state index in [4.69, 9.17) is 5.73 Å². The van der Waals surface area contributed by atoms with Gasteiger partial charge in [0.15, 0.2) is 0 Å². The van der Waals surface area contributed by atoms with Crippen molar-refractivity contribution in [2.24, 2.45) is 5.73 Å². The molecule has 0 aromatic heterocycles. The highest BCUT2D eigenvalue weighted by Gasteiger charge is 2.14. The van der Waals surface area contributed by atoms with Crippen LogP contribution in [0.5, 0.6) is 0 Å². The third kappa shape index (κ3) is 4.80. The number of nitrogens with two attached hydrogens (primary N) is 1. The molecule has 0 radical (unpaired) electrons. The minimum Gasteiger partial charge on any atom is -0.366 e. The number of rotatable bonds is 6. The smallest absolute Gasteiger partial charge is 0.261 e. The predicted molar refractivity (Wildman–Crippen MR) is 111 cm³/mol. The summed E-state index contributed by atoms with van der Waals surface area (Å²) in [7, 11) is -3.70. The van der Waals surface area contributed by atoms with Gasteiger partial charge in [-0.05, 0) is 67.1 Å². The number of anilines is 2. The molecule has 3 rings (SSSR count). The first kappa shape index (κ1) is 20.1. The van der Waals surface area contributed by atoms with Crippen molar-refractivity contribution < 1.29 is 18.0 Å². The van der Waals surface area contributed by atoms with Gasteiger partial charge in [0.1, 0.15) is 0 Å². The van der Waals surface area contributed by atoms with Crippen molar-refractivity contribution in [2.75, 3.05) is 10.0 Å². The second-order valence-corrected chi connectivity index (χ2v) is 8.03. The Balaban J connectivity index is 1.71. The van der Waals surface area contributed by atoms with Crippen molar-refractivity contribution >= 4 is 33.2 Å². The van der Waals surface area contributed by atoms with Gasteiger partial charge in [-0.1, -0.05) is 18.2 Å². The molecule has 0 aliphatic heterocycles. The van der Waals surface area contributed by atoms with Crippen LogP contribution in [0, 0.1) is 6.92 Å². The van der Waals surface area contributed by atoms with Gasteiger partial charge in [-0.15, -0.1) is 0 Å². The molecule has 0 unspecified atom stereocenters. The maximum Gasteiger partial charge on any atom is 0.261 e.